The third-order valence-corrected chi connectivity index (χ3v) is 1.41. The fourth-order valence-corrected chi connectivity index (χ4v) is 0.853. The third-order valence-electron chi connectivity index (χ3n) is 1.41. The van der Waals surface area contributed by atoms with Gasteiger partial charge in [0.25, 0.3) is 0 Å². The van der Waals surface area contributed by atoms with E-state index in [-0.39, 0.29) is 16.9 Å². The molecule has 0 atom stereocenters. The first-order valence-corrected chi connectivity index (χ1v) is 2.82. The fraction of sp³-hybridized carbons (Fsp3) is 1.00. The lowest BCUT2D eigenvalue weighted by Crippen LogP contribution is -2.45. The van der Waals surface area contributed by atoms with Gasteiger partial charge in [-0.2, -0.15) is 0 Å². The van der Waals surface area contributed by atoms with Crippen LogP contribution in [0.2, 0.25) is 0 Å². The van der Waals surface area contributed by atoms with Crippen molar-refractivity contribution in [3.63, 3.8) is 0 Å². The van der Waals surface area contributed by atoms with Crippen molar-refractivity contribution in [1.82, 2.24) is 0 Å². The van der Waals surface area contributed by atoms with Gasteiger partial charge in [0.1, 0.15) is 0 Å². The molecule has 1 fully saturated rings. The van der Waals surface area contributed by atoms with Crippen molar-refractivity contribution >= 4 is 0 Å². The van der Waals surface area contributed by atoms with Gasteiger partial charge in [-0.25, -0.2) is 0 Å². The largest absolute Gasteiger partial charge is 0.380 e. The zero-order valence-corrected chi connectivity index (χ0v) is 5.29. The summed E-state index contributed by atoms with van der Waals surface area (Å²) in [6.45, 7) is 2.97. The number of ether oxygens (including phenoxy) is 1. The summed E-state index contributed by atoms with van der Waals surface area (Å²) in [6, 6.07) is 0. The van der Waals surface area contributed by atoms with Crippen LogP contribution in [-0.4, -0.2) is 24.7 Å². The van der Waals surface area contributed by atoms with Crippen LogP contribution >= 0.6 is 0 Å². The van der Waals surface area contributed by atoms with Gasteiger partial charge in [-0.05, 0) is 6.92 Å². The van der Waals surface area contributed by atoms with E-state index in [9.17, 15) is 10.1 Å². The second kappa shape index (κ2) is 1.95. The van der Waals surface area contributed by atoms with Crippen molar-refractivity contribution in [3.8, 4) is 0 Å². The predicted molar refractivity (Wildman–Crippen MR) is 30.8 cm³/mol. The monoisotopic (exact) mass is 131 g/mol. The maximum Gasteiger partial charge on any atom is 0.213 e. The van der Waals surface area contributed by atoms with Crippen LogP contribution in [0.4, 0.5) is 0 Å². The highest BCUT2D eigenvalue weighted by molar-refractivity contribution is 4.79. The molecule has 0 aromatic carbocycles. The predicted octanol–water partition coefficient (Wildman–Crippen LogP) is 0.300. The zero-order chi connectivity index (χ0) is 6.91. The Balaban J connectivity index is 2.33. The van der Waals surface area contributed by atoms with Crippen LogP contribution in [0.5, 0.6) is 0 Å². The van der Waals surface area contributed by atoms with Crippen molar-refractivity contribution < 1.29 is 9.66 Å². The van der Waals surface area contributed by atoms with Gasteiger partial charge in [0, 0.05) is 4.92 Å². The van der Waals surface area contributed by atoms with Gasteiger partial charge in [-0.3, -0.25) is 10.1 Å². The van der Waals surface area contributed by atoms with E-state index in [0.29, 0.717) is 13.2 Å². The molecule has 0 spiro atoms. The van der Waals surface area contributed by atoms with E-state index in [2.05, 4.69) is 0 Å². The summed E-state index contributed by atoms with van der Waals surface area (Å²) in [5.74, 6) is 0. The maximum absolute atomic E-state index is 9.96. The van der Waals surface area contributed by atoms with Gasteiger partial charge in [0.05, 0.1) is 18.6 Å². The molecular formula is C5H9NO3. The minimum atomic E-state index is -0.289. The van der Waals surface area contributed by atoms with Crippen LogP contribution in [0.25, 0.3) is 0 Å². The van der Waals surface area contributed by atoms with Crippen molar-refractivity contribution in [2.75, 3.05) is 19.8 Å². The van der Waals surface area contributed by atoms with Crippen molar-refractivity contribution in [1.29, 1.82) is 0 Å². The van der Waals surface area contributed by atoms with Gasteiger partial charge >= 0.3 is 0 Å². The molecule has 52 valence electrons. The lowest BCUT2D eigenvalue weighted by Gasteiger charge is -2.33. The standard InChI is InChI=1S/C5H9NO3/c1-5(2-6(7)8)3-9-4-5/h2-4H2,1H3. The molecule has 1 aliphatic heterocycles. The number of hydrogen-bond acceptors (Lipinski definition) is 3. The number of rotatable bonds is 2. The number of nitro groups is 1. The van der Waals surface area contributed by atoms with Crippen molar-refractivity contribution in [2.24, 2.45) is 5.41 Å². The van der Waals surface area contributed by atoms with E-state index < -0.39 is 0 Å². The fourth-order valence-electron chi connectivity index (χ4n) is 0.853. The normalized spacial score (nSPS) is 22.8. The van der Waals surface area contributed by atoms with E-state index in [4.69, 9.17) is 4.74 Å². The van der Waals surface area contributed by atoms with Crippen LogP contribution in [0.3, 0.4) is 0 Å². The third kappa shape index (κ3) is 1.38. The van der Waals surface area contributed by atoms with Crippen LogP contribution in [0, 0.1) is 15.5 Å². The molecule has 0 aliphatic carbocycles. The molecule has 0 aromatic heterocycles. The summed E-state index contributed by atoms with van der Waals surface area (Å²) in [7, 11) is 0. The Morgan fingerprint density at radius 3 is 2.44 bits per heavy atom. The Bertz CT molecular complexity index is 130. The van der Waals surface area contributed by atoms with E-state index in [1.807, 2.05) is 6.92 Å². The molecule has 0 amide bonds. The average Bonchev–Trinajstić information content (AvgIpc) is 1.60. The van der Waals surface area contributed by atoms with Crippen LogP contribution in [0.1, 0.15) is 6.92 Å². The van der Waals surface area contributed by atoms with Gasteiger partial charge < -0.3 is 4.74 Å². The summed E-state index contributed by atoms with van der Waals surface area (Å²) in [5.41, 5.74) is -0.177. The molecule has 1 heterocycles. The van der Waals surface area contributed by atoms with Gasteiger partial charge in [-0.15, -0.1) is 0 Å². The molecule has 0 N–H and O–H groups in total. The quantitative estimate of drug-likeness (QED) is 0.400. The smallest absolute Gasteiger partial charge is 0.213 e. The topological polar surface area (TPSA) is 52.4 Å². The Morgan fingerprint density at radius 1 is 1.78 bits per heavy atom. The van der Waals surface area contributed by atoms with E-state index >= 15 is 0 Å². The highest BCUT2D eigenvalue weighted by atomic mass is 16.6. The first-order valence-electron chi connectivity index (χ1n) is 2.82. The van der Waals surface area contributed by atoms with Gasteiger partial charge in [0.2, 0.25) is 6.54 Å². The Hall–Kier alpha value is -0.640. The van der Waals surface area contributed by atoms with Crippen molar-refractivity contribution in [3.05, 3.63) is 10.1 Å². The molecule has 0 unspecified atom stereocenters. The lowest BCUT2D eigenvalue weighted by atomic mass is 9.89. The molecule has 1 saturated heterocycles. The van der Waals surface area contributed by atoms with E-state index in [1.54, 1.807) is 0 Å². The minimum Gasteiger partial charge on any atom is -0.380 e. The van der Waals surface area contributed by atoms with Gasteiger partial charge in [0.15, 0.2) is 0 Å². The van der Waals surface area contributed by atoms with Gasteiger partial charge in [-0.1, -0.05) is 0 Å². The van der Waals surface area contributed by atoms with E-state index in [0.717, 1.165) is 0 Å². The number of nitrogens with zero attached hydrogens (tertiary/aromatic N) is 1. The molecule has 0 aromatic rings. The first kappa shape index (κ1) is 6.48. The van der Waals surface area contributed by atoms with Crippen LogP contribution in [-0.2, 0) is 4.74 Å². The summed E-state index contributed by atoms with van der Waals surface area (Å²) < 4.78 is 4.83. The highest BCUT2D eigenvalue weighted by Crippen LogP contribution is 2.25. The van der Waals surface area contributed by atoms with Crippen LogP contribution in [0.15, 0.2) is 0 Å². The summed E-state index contributed by atoms with van der Waals surface area (Å²) in [5, 5.41) is 9.96. The minimum absolute atomic E-state index is 0.0347. The summed E-state index contributed by atoms with van der Waals surface area (Å²) in [4.78, 5) is 9.67. The second-order valence-electron chi connectivity index (χ2n) is 2.79. The molecule has 0 saturated carbocycles. The van der Waals surface area contributed by atoms with Crippen LogP contribution < -0.4 is 0 Å². The summed E-state index contributed by atoms with van der Waals surface area (Å²) >= 11 is 0. The molecule has 0 radical (unpaired) electrons. The highest BCUT2D eigenvalue weighted by Gasteiger charge is 2.38. The molecule has 1 aliphatic rings. The first-order chi connectivity index (χ1) is 4.12. The zero-order valence-electron chi connectivity index (χ0n) is 5.29. The van der Waals surface area contributed by atoms with Crippen molar-refractivity contribution in [2.45, 2.75) is 6.92 Å². The Kier molecular flexibility index (Phi) is 1.40. The SMILES string of the molecule is CC1(C[N+](=O)[O-])COC1. The molecule has 9 heavy (non-hydrogen) atoms. The lowest BCUT2D eigenvalue weighted by molar-refractivity contribution is -0.506. The molecule has 1 rings (SSSR count). The van der Waals surface area contributed by atoms with E-state index in [1.165, 1.54) is 0 Å². The average molecular weight is 131 g/mol. The second-order valence-corrected chi connectivity index (χ2v) is 2.79. The number of hydrogen-bond donors (Lipinski definition) is 0. The maximum atomic E-state index is 9.96. The molecule has 4 nitrogen and oxygen atoms in total. The Morgan fingerprint density at radius 2 is 2.33 bits per heavy atom. The summed E-state index contributed by atoms with van der Waals surface area (Å²) in [6.07, 6.45) is 0. The molecule has 0 bridgehead atoms. The molecular weight excluding hydrogens is 122 g/mol. The molecule has 4 heteroatoms. The Labute approximate surface area is 53.0 Å².